The van der Waals surface area contributed by atoms with Gasteiger partial charge in [-0.05, 0) is 69.4 Å². The van der Waals surface area contributed by atoms with Crippen LogP contribution in [0.1, 0.15) is 55.3 Å². The minimum Gasteiger partial charge on any atom is -0.361 e. The van der Waals surface area contributed by atoms with Crippen molar-refractivity contribution in [3.05, 3.63) is 36.0 Å². The number of piperazine rings is 1. The second-order valence-corrected chi connectivity index (χ2v) is 10.5. The summed E-state index contributed by atoms with van der Waals surface area (Å²) in [5.74, 6) is 0.0876. The van der Waals surface area contributed by atoms with Gasteiger partial charge in [0.25, 0.3) is 5.91 Å². The first-order valence-electron chi connectivity index (χ1n) is 13.2. The molecule has 5 rings (SSSR count). The number of carbonyl (C=O) groups excluding carboxylic acids is 2. The van der Waals surface area contributed by atoms with Gasteiger partial charge in [-0.25, -0.2) is 0 Å². The summed E-state index contributed by atoms with van der Waals surface area (Å²) in [5, 5.41) is 1.10. The Morgan fingerprint density at radius 3 is 2.31 bits per heavy atom. The van der Waals surface area contributed by atoms with E-state index in [1.54, 1.807) is 0 Å². The quantitative estimate of drug-likeness (QED) is 0.625. The smallest absolute Gasteiger partial charge is 0.254 e. The van der Waals surface area contributed by atoms with Gasteiger partial charge < -0.3 is 19.7 Å². The molecule has 1 aliphatic carbocycles. The number of fused-ring (bicyclic) bond motifs is 1. The molecular formula is C27H41Cl2N5O2. The Kier molecular flexibility index (Phi) is 10.5. The average molecular weight is 539 g/mol. The molecule has 2 aliphatic heterocycles. The van der Waals surface area contributed by atoms with E-state index in [-0.39, 0.29) is 49.2 Å². The molecule has 200 valence electrons. The van der Waals surface area contributed by atoms with Crippen LogP contribution in [0, 0.1) is 0 Å². The first kappa shape index (κ1) is 28.8. The number of piperidine rings is 1. The van der Waals surface area contributed by atoms with Crippen LogP contribution in [0.4, 0.5) is 0 Å². The van der Waals surface area contributed by atoms with E-state index in [4.69, 9.17) is 0 Å². The molecule has 3 fully saturated rings. The Labute approximate surface area is 227 Å². The van der Waals surface area contributed by atoms with Gasteiger partial charge in [0.15, 0.2) is 0 Å². The molecule has 0 bridgehead atoms. The fourth-order valence-corrected chi connectivity index (χ4v) is 6.05. The first-order valence-corrected chi connectivity index (χ1v) is 13.2. The van der Waals surface area contributed by atoms with Crippen LogP contribution < -0.4 is 0 Å². The highest BCUT2D eigenvalue weighted by Gasteiger charge is 2.32. The zero-order valence-electron chi connectivity index (χ0n) is 21.4. The zero-order valence-corrected chi connectivity index (χ0v) is 23.0. The molecule has 1 aromatic heterocycles. The second-order valence-electron chi connectivity index (χ2n) is 10.5. The predicted octanol–water partition coefficient (Wildman–Crippen LogP) is 4.02. The maximum Gasteiger partial charge on any atom is 0.254 e. The molecule has 0 radical (unpaired) electrons. The Morgan fingerprint density at radius 1 is 0.917 bits per heavy atom. The number of likely N-dealkylation sites (tertiary alicyclic amines) is 1. The summed E-state index contributed by atoms with van der Waals surface area (Å²) >= 11 is 0. The number of aromatic amines is 1. The van der Waals surface area contributed by atoms with E-state index in [0.717, 1.165) is 75.9 Å². The van der Waals surface area contributed by atoms with Gasteiger partial charge >= 0.3 is 0 Å². The number of aromatic nitrogens is 1. The van der Waals surface area contributed by atoms with E-state index < -0.39 is 0 Å². The number of rotatable bonds is 5. The largest absolute Gasteiger partial charge is 0.361 e. The molecule has 2 amide bonds. The summed E-state index contributed by atoms with van der Waals surface area (Å²) in [7, 11) is 2.20. The van der Waals surface area contributed by atoms with E-state index in [2.05, 4.69) is 21.8 Å². The third-order valence-electron chi connectivity index (χ3n) is 8.26. The lowest BCUT2D eigenvalue weighted by atomic mass is 9.93. The molecule has 2 aromatic rings. The van der Waals surface area contributed by atoms with Crippen LogP contribution >= 0.6 is 24.8 Å². The lowest BCUT2D eigenvalue weighted by molar-refractivity contribution is -0.134. The van der Waals surface area contributed by atoms with Crippen molar-refractivity contribution in [2.45, 2.75) is 57.0 Å². The maximum atomic E-state index is 13.6. The number of H-pyrrole nitrogens is 1. The molecule has 2 saturated heterocycles. The molecule has 1 saturated carbocycles. The topological polar surface area (TPSA) is 62.9 Å². The highest BCUT2D eigenvalue weighted by molar-refractivity contribution is 5.99. The van der Waals surface area contributed by atoms with Crippen LogP contribution in [0.15, 0.2) is 30.5 Å². The fraction of sp³-hybridized carbons (Fsp3) is 0.630. The van der Waals surface area contributed by atoms with Gasteiger partial charge in [-0.2, -0.15) is 0 Å². The van der Waals surface area contributed by atoms with E-state index in [0.29, 0.717) is 11.6 Å². The normalized spacial score (nSPS) is 20.5. The minimum absolute atomic E-state index is 0. The van der Waals surface area contributed by atoms with Crippen molar-refractivity contribution in [1.29, 1.82) is 0 Å². The summed E-state index contributed by atoms with van der Waals surface area (Å²) in [4.78, 5) is 39.1. The minimum atomic E-state index is -0.0123. The SMILES string of the molecule is CN1CCC(N2CCN(C(=O)CN(C(=O)c3ccc4cc[nH]c4c3)C3CCCCC3)CC2)CC1.Cl.Cl. The summed E-state index contributed by atoms with van der Waals surface area (Å²) < 4.78 is 0. The molecule has 1 aromatic carbocycles. The molecule has 36 heavy (non-hydrogen) atoms. The van der Waals surface area contributed by atoms with E-state index >= 15 is 0 Å². The highest BCUT2D eigenvalue weighted by Crippen LogP contribution is 2.25. The number of nitrogens with one attached hydrogen (secondary N) is 1. The van der Waals surface area contributed by atoms with Gasteiger partial charge in [-0.15, -0.1) is 24.8 Å². The first-order chi connectivity index (χ1) is 16.6. The van der Waals surface area contributed by atoms with Crippen molar-refractivity contribution >= 4 is 47.5 Å². The number of nitrogens with zero attached hydrogens (tertiary/aromatic N) is 4. The lowest BCUT2D eigenvalue weighted by Crippen LogP contribution is -2.56. The lowest BCUT2D eigenvalue weighted by Gasteiger charge is -2.43. The number of hydrogen-bond acceptors (Lipinski definition) is 4. The van der Waals surface area contributed by atoms with Gasteiger partial charge in [-0.3, -0.25) is 14.5 Å². The van der Waals surface area contributed by atoms with Gasteiger partial charge in [0, 0.05) is 55.5 Å². The van der Waals surface area contributed by atoms with Gasteiger partial charge in [0.2, 0.25) is 5.91 Å². The molecule has 9 heteroatoms. The molecular weight excluding hydrogens is 497 g/mol. The van der Waals surface area contributed by atoms with Crippen LogP contribution in [0.5, 0.6) is 0 Å². The number of benzene rings is 1. The maximum absolute atomic E-state index is 13.6. The second kappa shape index (κ2) is 13.1. The Bertz CT molecular complexity index is 993. The molecule has 7 nitrogen and oxygen atoms in total. The number of halogens is 2. The van der Waals surface area contributed by atoms with Gasteiger partial charge in [0.1, 0.15) is 6.54 Å². The average Bonchev–Trinajstić information content (AvgIpc) is 3.36. The Morgan fingerprint density at radius 2 is 1.61 bits per heavy atom. The van der Waals surface area contributed by atoms with Gasteiger partial charge in [-0.1, -0.05) is 25.3 Å². The molecule has 3 heterocycles. The highest BCUT2D eigenvalue weighted by atomic mass is 35.5. The monoisotopic (exact) mass is 537 g/mol. The zero-order chi connectivity index (χ0) is 23.5. The molecule has 1 N–H and O–H groups in total. The van der Waals surface area contributed by atoms with Crippen molar-refractivity contribution in [3.8, 4) is 0 Å². The van der Waals surface area contributed by atoms with Crippen molar-refractivity contribution in [1.82, 2.24) is 24.6 Å². The van der Waals surface area contributed by atoms with Crippen molar-refractivity contribution in [2.75, 3.05) is 52.9 Å². The van der Waals surface area contributed by atoms with E-state index in [9.17, 15) is 9.59 Å². The summed E-state index contributed by atoms with van der Waals surface area (Å²) in [6, 6.07) is 8.64. The van der Waals surface area contributed by atoms with Crippen LogP contribution in [0.2, 0.25) is 0 Å². The molecule has 0 atom stereocenters. The van der Waals surface area contributed by atoms with Crippen molar-refractivity contribution < 1.29 is 9.59 Å². The van der Waals surface area contributed by atoms with E-state index in [1.807, 2.05) is 40.3 Å². The van der Waals surface area contributed by atoms with Crippen molar-refractivity contribution in [2.24, 2.45) is 0 Å². The Hall–Kier alpha value is -1.80. The molecule has 0 spiro atoms. The molecule has 0 unspecified atom stereocenters. The summed E-state index contributed by atoms with van der Waals surface area (Å²) in [6.45, 7) is 5.95. The number of amides is 2. The fourth-order valence-electron chi connectivity index (χ4n) is 6.05. The van der Waals surface area contributed by atoms with Crippen LogP contribution in [-0.4, -0.2) is 101 Å². The summed E-state index contributed by atoms with van der Waals surface area (Å²) in [5.41, 5.74) is 1.63. The standard InChI is InChI=1S/C27H39N5O2.2ClH/c1-29-13-10-23(11-14-29)30-15-17-31(18-16-30)26(33)20-32(24-5-3-2-4-6-24)27(34)22-8-7-21-9-12-28-25(21)19-22;;/h7-9,12,19,23-24,28H,2-6,10-11,13-18,20H2,1H3;2*1H. The third-order valence-corrected chi connectivity index (χ3v) is 8.26. The number of hydrogen-bond donors (Lipinski definition) is 1. The number of carbonyl (C=O) groups is 2. The van der Waals surface area contributed by atoms with Crippen LogP contribution in [0.25, 0.3) is 10.9 Å². The van der Waals surface area contributed by atoms with Crippen LogP contribution in [-0.2, 0) is 4.79 Å². The van der Waals surface area contributed by atoms with Gasteiger partial charge in [0.05, 0.1) is 0 Å². The third kappa shape index (κ3) is 6.55. The van der Waals surface area contributed by atoms with Crippen LogP contribution in [0.3, 0.4) is 0 Å². The Balaban J connectivity index is 0.00000180. The predicted molar refractivity (Wildman–Crippen MR) is 149 cm³/mol. The van der Waals surface area contributed by atoms with E-state index in [1.165, 1.54) is 19.3 Å². The van der Waals surface area contributed by atoms with Crippen molar-refractivity contribution in [3.63, 3.8) is 0 Å². The molecule has 3 aliphatic rings. The summed E-state index contributed by atoms with van der Waals surface area (Å²) in [6.07, 6.45) is 9.81.